The molecule has 0 aromatic carbocycles. The van der Waals surface area contributed by atoms with Crippen LogP contribution in [0.4, 0.5) is 0 Å². The molecule has 3 N–H and O–H groups in total. The van der Waals surface area contributed by atoms with Crippen LogP contribution in [-0.2, 0) is 0 Å². The zero-order valence-electron chi connectivity index (χ0n) is 9.34. The van der Waals surface area contributed by atoms with E-state index in [1.807, 2.05) is 0 Å². The maximum atomic E-state index is 5.71. The van der Waals surface area contributed by atoms with Gasteiger partial charge in [-0.15, -0.1) is 0 Å². The summed E-state index contributed by atoms with van der Waals surface area (Å²) in [6.07, 6.45) is 7.08. The van der Waals surface area contributed by atoms with E-state index >= 15 is 0 Å². The van der Waals surface area contributed by atoms with Crippen LogP contribution >= 0.6 is 0 Å². The highest BCUT2D eigenvalue weighted by Gasteiger charge is 2.41. The Labute approximate surface area is 87.6 Å². The SMILES string of the molecule is CCC(CN)CNC(C1CC1)C1CC1. The molecule has 2 saturated carbocycles. The molecule has 2 rings (SSSR count). The molecular weight excluding hydrogens is 172 g/mol. The molecule has 1 unspecified atom stereocenters. The lowest BCUT2D eigenvalue weighted by atomic mass is 10.0. The molecule has 0 aromatic heterocycles. The minimum absolute atomic E-state index is 0.690. The molecule has 1 atom stereocenters. The van der Waals surface area contributed by atoms with E-state index in [-0.39, 0.29) is 0 Å². The van der Waals surface area contributed by atoms with Crippen LogP contribution in [-0.4, -0.2) is 19.1 Å². The minimum Gasteiger partial charge on any atom is -0.330 e. The Morgan fingerprint density at radius 2 is 1.79 bits per heavy atom. The average molecular weight is 196 g/mol. The lowest BCUT2D eigenvalue weighted by Crippen LogP contribution is -2.38. The fourth-order valence-electron chi connectivity index (χ4n) is 2.33. The van der Waals surface area contributed by atoms with E-state index in [1.165, 1.54) is 32.1 Å². The molecule has 0 aromatic rings. The van der Waals surface area contributed by atoms with E-state index in [9.17, 15) is 0 Å². The molecule has 0 aliphatic heterocycles. The lowest BCUT2D eigenvalue weighted by molar-refractivity contribution is 0.369. The van der Waals surface area contributed by atoms with Crippen LogP contribution < -0.4 is 11.1 Å². The molecule has 2 fully saturated rings. The summed E-state index contributed by atoms with van der Waals surface area (Å²) in [5.74, 6) is 2.71. The third kappa shape index (κ3) is 2.71. The van der Waals surface area contributed by atoms with Gasteiger partial charge in [-0.25, -0.2) is 0 Å². The van der Waals surface area contributed by atoms with Crippen molar-refractivity contribution >= 4 is 0 Å². The van der Waals surface area contributed by atoms with Gasteiger partial charge in [0.05, 0.1) is 0 Å². The summed E-state index contributed by atoms with van der Waals surface area (Å²) in [7, 11) is 0. The monoisotopic (exact) mass is 196 g/mol. The second-order valence-corrected chi connectivity index (χ2v) is 5.12. The van der Waals surface area contributed by atoms with E-state index in [1.54, 1.807) is 0 Å². The van der Waals surface area contributed by atoms with Gasteiger partial charge in [-0.1, -0.05) is 13.3 Å². The summed E-state index contributed by atoms with van der Waals surface area (Å²) < 4.78 is 0. The number of nitrogens with one attached hydrogen (secondary N) is 1. The van der Waals surface area contributed by atoms with Crippen molar-refractivity contribution in [1.82, 2.24) is 5.32 Å². The minimum atomic E-state index is 0.690. The van der Waals surface area contributed by atoms with Gasteiger partial charge in [-0.05, 0) is 56.5 Å². The lowest BCUT2D eigenvalue weighted by Gasteiger charge is -2.21. The van der Waals surface area contributed by atoms with Crippen LogP contribution in [0.1, 0.15) is 39.0 Å². The summed E-state index contributed by atoms with van der Waals surface area (Å²) in [6.45, 7) is 4.22. The van der Waals surface area contributed by atoms with Gasteiger partial charge < -0.3 is 11.1 Å². The molecule has 14 heavy (non-hydrogen) atoms. The van der Waals surface area contributed by atoms with Gasteiger partial charge in [-0.3, -0.25) is 0 Å². The summed E-state index contributed by atoms with van der Waals surface area (Å²) in [6, 6.07) is 0.843. The van der Waals surface area contributed by atoms with Gasteiger partial charge in [-0.2, -0.15) is 0 Å². The normalized spacial score (nSPS) is 24.2. The van der Waals surface area contributed by atoms with Crippen molar-refractivity contribution in [3.63, 3.8) is 0 Å². The van der Waals surface area contributed by atoms with E-state index in [0.29, 0.717) is 5.92 Å². The van der Waals surface area contributed by atoms with Crippen molar-refractivity contribution < 1.29 is 0 Å². The van der Waals surface area contributed by atoms with Gasteiger partial charge in [0.1, 0.15) is 0 Å². The van der Waals surface area contributed by atoms with Gasteiger partial charge >= 0.3 is 0 Å². The Kier molecular flexibility index (Phi) is 3.45. The van der Waals surface area contributed by atoms with Crippen molar-refractivity contribution in [2.24, 2.45) is 23.5 Å². The molecule has 2 aliphatic carbocycles. The van der Waals surface area contributed by atoms with Crippen molar-refractivity contribution in [2.45, 2.75) is 45.1 Å². The van der Waals surface area contributed by atoms with Gasteiger partial charge in [0.2, 0.25) is 0 Å². The fourth-order valence-corrected chi connectivity index (χ4v) is 2.33. The summed E-state index contributed by atoms with van der Waals surface area (Å²) in [5, 5.41) is 3.77. The maximum Gasteiger partial charge on any atom is 0.0124 e. The molecule has 0 bridgehead atoms. The van der Waals surface area contributed by atoms with Gasteiger partial charge in [0.25, 0.3) is 0 Å². The number of hydrogen-bond acceptors (Lipinski definition) is 2. The molecule has 2 heteroatoms. The maximum absolute atomic E-state index is 5.71. The smallest absolute Gasteiger partial charge is 0.0124 e. The molecule has 0 saturated heterocycles. The van der Waals surface area contributed by atoms with Crippen LogP contribution in [0, 0.1) is 17.8 Å². The second kappa shape index (κ2) is 4.63. The Balaban J connectivity index is 1.70. The first-order valence-electron chi connectivity index (χ1n) is 6.28. The molecular formula is C12H24N2. The Bertz CT molecular complexity index is 157. The zero-order chi connectivity index (χ0) is 9.97. The fraction of sp³-hybridized carbons (Fsp3) is 1.00. The quantitative estimate of drug-likeness (QED) is 0.651. The highest BCUT2D eigenvalue weighted by molar-refractivity contribution is 4.96. The van der Waals surface area contributed by atoms with Crippen LogP contribution in [0.2, 0.25) is 0 Å². The number of nitrogens with two attached hydrogens (primary N) is 1. The zero-order valence-corrected chi connectivity index (χ0v) is 9.34. The highest BCUT2D eigenvalue weighted by atomic mass is 15.0. The predicted octanol–water partition coefficient (Wildman–Crippen LogP) is 1.75. The van der Waals surface area contributed by atoms with Crippen LogP contribution in [0.15, 0.2) is 0 Å². The number of rotatable bonds is 7. The first-order valence-corrected chi connectivity index (χ1v) is 6.28. The van der Waals surface area contributed by atoms with Crippen molar-refractivity contribution in [2.75, 3.05) is 13.1 Å². The number of hydrogen-bond donors (Lipinski definition) is 2. The molecule has 2 aliphatic rings. The standard InChI is InChI=1S/C12H24N2/c1-2-9(7-13)8-14-12(10-3-4-10)11-5-6-11/h9-12,14H,2-8,13H2,1H3. The van der Waals surface area contributed by atoms with Crippen LogP contribution in [0.5, 0.6) is 0 Å². The first-order chi connectivity index (χ1) is 6.85. The third-order valence-corrected chi connectivity index (χ3v) is 3.81. The van der Waals surface area contributed by atoms with E-state index in [0.717, 1.165) is 31.0 Å². The Morgan fingerprint density at radius 3 is 2.14 bits per heavy atom. The van der Waals surface area contributed by atoms with E-state index in [4.69, 9.17) is 5.73 Å². The van der Waals surface area contributed by atoms with Crippen LogP contribution in [0.25, 0.3) is 0 Å². The topological polar surface area (TPSA) is 38.0 Å². The van der Waals surface area contributed by atoms with Crippen molar-refractivity contribution in [1.29, 1.82) is 0 Å². The van der Waals surface area contributed by atoms with E-state index in [2.05, 4.69) is 12.2 Å². The molecule has 0 spiro atoms. The van der Waals surface area contributed by atoms with Crippen molar-refractivity contribution in [3.05, 3.63) is 0 Å². The molecule has 0 heterocycles. The summed E-state index contributed by atoms with van der Waals surface area (Å²) in [4.78, 5) is 0. The predicted molar refractivity (Wildman–Crippen MR) is 60.1 cm³/mol. The molecule has 0 amide bonds. The Morgan fingerprint density at radius 1 is 1.21 bits per heavy atom. The summed E-state index contributed by atoms with van der Waals surface area (Å²) >= 11 is 0. The third-order valence-electron chi connectivity index (χ3n) is 3.81. The molecule has 0 radical (unpaired) electrons. The molecule has 2 nitrogen and oxygen atoms in total. The largest absolute Gasteiger partial charge is 0.330 e. The van der Waals surface area contributed by atoms with Crippen molar-refractivity contribution in [3.8, 4) is 0 Å². The first kappa shape index (κ1) is 10.4. The second-order valence-electron chi connectivity index (χ2n) is 5.12. The van der Waals surface area contributed by atoms with E-state index < -0.39 is 0 Å². The Hall–Kier alpha value is -0.0800. The van der Waals surface area contributed by atoms with Gasteiger partial charge in [0.15, 0.2) is 0 Å². The molecule has 82 valence electrons. The average Bonchev–Trinajstić information content (AvgIpc) is 3.03. The van der Waals surface area contributed by atoms with Gasteiger partial charge in [0, 0.05) is 6.04 Å². The van der Waals surface area contributed by atoms with Crippen LogP contribution in [0.3, 0.4) is 0 Å². The highest BCUT2D eigenvalue weighted by Crippen LogP contribution is 2.44. The summed E-state index contributed by atoms with van der Waals surface area (Å²) in [5.41, 5.74) is 5.71.